The standard InChI is InChI=1S/C19H33ClFNOSi/c1-7-24(8-2,9-3)23-17(11-10-12-19(4,5)6)18-15(20)13-22-14-16(18)21/h13-14,17H,7-12H2,1-6H3. The highest BCUT2D eigenvalue weighted by Crippen LogP contribution is 2.37. The molecule has 0 aliphatic carbocycles. The third kappa shape index (κ3) is 6.12. The van der Waals surface area contributed by atoms with Crippen molar-refractivity contribution in [2.24, 2.45) is 5.41 Å². The maximum absolute atomic E-state index is 14.4. The molecule has 0 aliphatic heterocycles. The molecule has 0 aromatic carbocycles. The van der Waals surface area contributed by atoms with Gasteiger partial charge in [0.15, 0.2) is 8.32 Å². The van der Waals surface area contributed by atoms with E-state index in [4.69, 9.17) is 16.0 Å². The van der Waals surface area contributed by atoms with Crippen LogP contribution in [-0.4, -0.2) is 13.3 Å². The number of halogens is 2. The fourth-order valence-electron chi connectivity index (χ4n) is 3.11. The second kappa shape index (κ2) is 9.30. The minimum absolute atomic E-state index is 0.264. The predicted molar refractivity (Wildman–Crippen MR) is 104 cm³/mol. The van der Waals surface area contributed by atoms with Gasteiger partial charge in [0.2, 0.25) is 0 Å². The van der Waals surface area contributed by atoms with Crippen LogP contribution in [0, 0.1) is 11.2 Å². The fourth-order valence-corrected chi connectivity index (χ4v) is 6.22. The molecule has 0 saturated heterocycles. The first kappa shape index (κ1) is 21.6. The Balaban J connectivity index is 3.07. The van der Waals surface area contributed by atoms with Crippen LogP contribution in [0.1, 0.15) is 72.5 Å². The lowest BCUT2D eigenvalue weighted by molar-refractivity contribution is 0.165. The van der Waals surface area contributed by atoms with Crippen LogP contribution in [0.2, 0.25) is 23.2 Å². The summed E-state index contributed by atoms with van der Waals surface area (Å²) in [4.78, 5) is 3.85. The largest absolute Gasteiger partial charge is 0.410 e. The molecule has 0 amide bonds. The summed E-state index contributed by atoms with van der Waals surface area (Å²) in [6.07, 6.45) is 5.37. The van der Waals surface area contributed by atoms with Crippen molar-refractivity contribution < 1.29 is 8.82 Å². The van der Waals surface area contributed by atoms with Gasteiger partial charge in [-0.2, -0.15) is 0 Å². The molecule has 0 N–H and O–H groups in total. The zero-order valence-electron chi connectivity index (χ0n) is 16.1. The zero-order chi connectivity index (χ0) is 18.4. The van der Waals surface area contributed by atoms with Crippen LogP contribution in [0.3, 0.4) is 0 Å². The Hall–Kier alpha value is -0.453. The highest BCUT2D eigenvalue weighted by Gasteiger charge is 2.34. The third-order valence-electron chi connectivity index (χ3n) is 4.93. The summed E-state index contributed by atoms with van der Waals surface area (Å²) in [6, 6.07) is 3.13. The van der Waals surface area contributed by atoms with Gasteiger partial charge in [-0.15, -0.1) is 0 Å². The first-order valence-electron chi connectivity index (χ1n) is 9.14. The summed E-state index contributed by atoms with van der Waals surface area (Å²) in [5.74, 6) is -0.352. The summed E-state index contributed by atoms with van der Waals surface area (Å²) < 4.78 is 21.1. The Labute approximate surface area is 153 Å². The number of hydrogen-bond donors (Lipinski definition) is 0. The third-order valence-corrected chi connectivity index (χ3v) is 9.88. The van der Waals surface area contributed by atoms with E-state index in [0.717, 1.165) is 37.4 Å². The second-order valence-corrected chi connectivity index (χ2v) is 13.0. The summed E-state index contributed by atoms with van der Waals surface area (Å²) in [5, 5.41) is 0.377. The molecule has 138 valence electrons. The summed E-state index contributed by atoms with van der Waals surface area (Å²) in [6.45, 7) is 13.3. The molecular formula is C19H33ClFNOSi. The lowest BCUT2D eigenvalue weighted by Crippen LogP contribution is -2.37. The van der Waals surface area contributed by atoms with E-state index in [-0.39, 0.29) is 17.3 Å². The van der Waals surface area contributed by atoms with E-state index in [0.29, 0.717) is 10.6 Å². The van der Waals surface area contributed by atoms with Crippen molar-refractivity contribution in [2.75, 3.05) is 0 Å². The van der Waals surface area contributed by atoms with Crippen molar-refractivity contribution in [3.8, 4) is 0 Å². The molecule has 0 bridgehead atoms. The average molecular weight is 374 g/mol. The van der Waals surface area contributed by atoms with Gasteiger partial charge in [-0.05, 0) is 36.4 Å². The SMILES string of the molecule is CC[Si](CC)(CC)OC(CCCC(C)(C)C)c1c(F)cncc1Cl. The molecule has 5 heteroatoms. The van der Waals surface area contributed by atoms with Gasteiger partial charge in [0.25, 0.3) is 0 Å². The van der Waals surface area contributed by atoms with Gasteiger partial charge < -0.3 is 4.43 Å². The smallest absolute Gasteiger partial charge is 0.192 e. The number of hydrogen-bond acceptors (Lipinski definition) is 2. The Morgan fingerprint density at radius 1 is 1.17 bits per heavy atom. The molecule has 1 unspecified atom stereocenters. The van der Waals surface area contributed by atoms with Crippen LogP contribution in [0.4, 0.5) is 4.39 Å². The molecule has 0 saturated carbocycles. The predicted octanol–water partition coefficient (Wildman–Crippen LogP) is 7.15. The summed E-state index contributed by atoms with van der Waals surface area (Å²) >= 11 is 6.28. The molecule has 1 rings (SSSR count). The highest BCUT2D eigenvalue weighted by atomic mass is 35.5. The first-order chi connectivity index (χ1) is 11.2. The number of rotatable bonds is 9. The number of nitrogens with zero attached hydrogens (tertiary/aromatic N) is 1. The maximum Gasteiger partial charge on any atom is 0.192 e. The van der Waals surface area contributed by atoms with Gasteiger partial charge in [-0.25, -0.2) is 4.39 Å². The van der Waals surface area contributed by atoms with Crippen LogP contribution in [0.5, 0.6) is 0 Å². The van der Waals surface area contributed by atoms with Gasteiger partial charge in [0, 0.05) is 11.8 Å². The van der Waals surface area contributed by atoms with E-state index in [9.17, 15) is 4.39 Å². The van der Waals surface area contributed by atoms with E-state index < -0.39 is 8.32 Å². The van der Waals surface area contributed by atoms with Crippen LogP contribution >= 0.6 is 11.6 Å². The Kier molecular flexibility index (Phi) is 8.37. The van der Waals surface area contributed by atoms with E-state index in [1.165, 1.54) is 12.4 Å². The molecule has 1 aromatic heterocycles. The van der Waals surface area contributed by atoms with Crippen molar-refractivity contribution in [3.63, 3.8) is 0 Å². The van der Waals surface area contributed by atoms with Crippen molar-refractivity contribution in [2.45, 2.75) is 85.0 Å². The second-order valence-electron chi connectivity index (χ2n) is 7.82. The fraction of sp³-hybridized carbons (Fsp3) is 0.737. The van der Waals surface area contributed by atoms with Crippen molar-refractivity contribution >= 4 is 19.9 Å². The number of pyridine rings is 1. The lowest BCUT2D eigenvalue weighted by atomic mass is 9.88. The Morgan fingerprint density at radius 3 is 2.21 bits per heavy atom. The summed E-state index contributed by atoms with van der Waals surface area (Å²) in [5.41, 5.74) is 0.757. The van der Waals surface area contributed by atoms with Crippen molar-refractivity contribution in [1.82, 2.24) is 4.98 Å². The molecule has 0 fully saturated rings. The maximum atomic E-state index is 14.4. The topological polar surface area (TPSA) is 22.1 Å². The molecule has 2 nitrogen and oxygen atoms in total. The van der Waals surface area contributed by atoms with Crippen LogP contribution in [-0.2, 0) is 4.43 Å². The monoisotopic (exact) mass is 373 g/mol. The molecule has 0 aliphatic rings. The van der Waals surface area contributed by atoms with Crippen molar-refractivity contribution in [1.29, 1.82) is 0 Å². The van der Waals surface area contributed by atoms with Crippen LogP contribution < -0.4 is 0 Å². The van der Waals surface area contributed by atoms with Crippen molar-refractivity contribution in [3.05, 3.63) is 28.8 Å². The van der Waals surface area contributed by atoms with Gasteiger partial charge in [-0.1, -0.05) is 59.6 Å². The molecule has 24 heavy (non-hydrogen) atoms. The zero-order valence-corrected chi connectivity index (χ0v) is 17.8. The van der Waals surface area contributed by atoms with Crippen LogP contribution in [0.25, 0.3) is 0 Å². The minimum Gasteiger partial charge on any atom is -0.410 e. The van der Waals surface area contributed by atoms with E-state index in [2.05, 4.69) is 46.5 Å². The molecular weight excluding hydrogens is 341 g/mol. The molecule has 1 heterocycles. The quantitative estimate of drug-likeness (QED) is 0.428. The molecule has 0 radical (unpaired) electrons. The molecule has 1 aromatic rings. The molecule has 0 spiro atoms. The normalized spacial score (nSPS) is 14.0. The van der Waals surface area contributed by atoms with Crippen LogP contribution in [0.15, 0.2) is 12.4 Å². The van der Waals surface area contributed by atoms with Gasteiger partial charge in [-0.3, -0.25) is 4.98 Å². The van der Waals surface area contributed by atoms with E-state index >= 15 is 0 Å². The Morgan fingerprint density at radius 2 is 1.75 bits per heavy atom. The van der Waals surface area contributed by atoms with Gasteiger partial charge in [0.1, 0.15) is 5.82 Å². The first-order valence-corrected chi connectivity index (χ1v) is 12.1. The Bertz CT molecular complexity index is 486. The summed E-state index contributed by atoms with van der Waals surface area (Å²) in [7, 11) is -1.85. The van der Waals surface area contributed by atoms with E-state index in [1.807, 2.05) is 0 Å². The highest BCUT2D eigenvalue weighted by molar-refractivity contribution is 6.73. The lowest BCUT2D eigenvalue weighted by Gasteiger charge is -2.34. The average Bonchev–Trinajstić information content (AvgIpc) is 2.51. The molecule has 1 atom stereocenters. The van der Waals surface area contributed by atoms with E-state index in [1.54, 1.807) is 0 Å². The van der Waals surface area contributed by atoms with Gasteiger partial charge in [0.05, 0.1) is 17.3 Å². The number of aromatic nitrogens is 1. The minimum atomic E-state index is -1.85. The van der Waals surface area contributed by atoms with Gasteiger partial charge >= 0.3 is 0 Å².